The summed E-state index contributed by atoms with van der Waals surface area (Å²) in [6.07, 6.45) is 3.36. The van der Waals surface area contributed by atoms with E-state index < -0.39 is 11.8 Å². The summed E-state index contributed by atoms with van der Waals surface area (Å²) in [6, 6.07) is 11.9. The molecule has 7 heteroatoms. The lowest BCUT2D eigenvalue weighted by molar-refractivity contribution is -0.136. The van der Waals surface area contributed by atoms with Gasteiger partial charge in [0.05, 0.1) is 6.04 Å². The topological polar surface area (TPSA) is 64.7 Å². The molecule has 4 rings (SSSR count). The molecule has 2 heterocycles. The number of carbonyl (C=O) groups excluding carboxylic acids is 2. The van der Waals surface area contributed by atoms with Gasteiger partial charge in [0.15, 0.2) is 0 Å². The maximum absolute atomic E-state index is 12.5. The number of likely N-dealkylation sites (N-methyl/N-ethyl adjacent to an activating group) is 1. The van der Waals surface area contributed by atoms with Crippen LogP contribution in [0.4, 0.5) is 11.4 Å². The third-order valence-corrected chi connectivity index (χ3v) is 6.79. The van der Waals surface area contributed by atoms with Crippen LogP contribution in [0.2, 0.25) is 5.02 Å². The van der Waals surface area contributed by atoms with E-state index >= 15 is 0 Å². The van der Waals surface area contributed by atoms with Gasteiger partial charge in [0, 0.05) is 36.5 Å². The molecule has 0 aromatic heterocycles. The van der Waals surface area contributed by atoms with Crippen LogP contribution in [0.15, 0.2) is 36.4 Å². The SMILES string of the molecule is Cc1c(Cl)cccc1NC(=O)C(=O)NC[C@@H](c1ccc2c(c1)CCN2C)N1CCCC1. The highest BCUT2D eigenvalue weighted by molar-refractivity contribution is 6.40. The average Bonchev–Trinajstić information content (AvgIpc) is 3.42. The fourth-order valence-corrected chi connectivity index (χ4v) is 4.67. The highest BCUT2D eigenvalue weighted by Crippen LogP contribution is 2.32. The Balaban J connectivity index is 1.45. The van der Waals surface area contributed by atoms with E-state index in [-0.39, 0.29) is 6.04 Å². The molecule has 1 saturated heterocycles. The predicted molar refractivity (Wildman–Crippen MR) is 125 cm³/mol. The number of likely N-dealkylation sites (tertiary alicyclic amines) is 1. The number of rotatable bonds is 5. The van der Waals surface area contributed by atoms with E-state index in [9.17, 15) is 9.59 Å². The minimum absolute atomic E-state index is 0.0587. The average molecular weight is 441 g/mol. The maximum atomic E-state index is 12.5. The van der Waals surface area contributed by atoms with Gasteiger partial charge in [-0.1, -0.05) is 29.8 Å². The van der Waals surface area contributed by atoms with Crippen LogP contribution < -0.4 is 15.5 Å². The molecule has 1 atom stereocenters. The van der Waals surface area contributed by atoms with Crippen LogP contribution in [0.25, 0.3) is 0 Å². The second-order valence-corrected chi connectivity index (χ2v) is 8.80. The molecule has 0 unspecified atom stereocenters. The Morgan fingerprint density at radius 2 is 1.87 bits per heavy atom. The smallest absolute Gasteiger partial charge is 0.313 e. The molecular formula is C24H29ClN4O2. The summed E-state index contributed by atoms with van der Waals surface area (Å²) < 4.78 is 0. The molecule has 0 saturated carbocycles. The van der Waals surface area contributed by atoms with Crippen LogP contribution in [0.5, 0.6) is 0 Å². The van der Waals surface area contributed by atoms with Gasteiger partial charge < -0.3 is 15.5 Å². The lowest BCUT2D eigenvalue weighted by Gasteiger charge is -2.28. The largest absolute Gasteiger partial charge is 0.374 e. The zero-order valence-corrected chi connectivity index (χ0v) is 18.8. The summed E-state index contributed by atoms with van der Waals surface area (Å²) in [5.74, 6) is -1.31. The molecule has 31 heavy (non-hydrogen) atoms. The Bertz CT molecular complexity index is 988. The van der Waals surface area contributed by atoms with Gasteiger partial charge in [0.2, 0.25) is 0 Å². The van der Waals surface area contributed by atoms with Crippen molar-refractivity contribution in [1.29, 1.82) is 0 Å². The zero-order valence-electron chi connectivity index (χ0n) is 18.1. The van der Waals surface area contributed by atoms with Crippen molar-refractivity contribution in [2.45, 2.75) is 32.2 Å². The molecule has 2 aromatic carbocycles. The van der Waals surface area contributed by atoms with Crippen LogP contribution in [0.3, 0.4) is 0 Å². The normalized spacial score (nSPS) is 16.8. The lowest BCUT2D eigenvalue weighted by atomic mass is 10.0. The molecule has 2 aromatic rings. The number of anilines is 2. The second-order valence-electron chi connectivity index (χ2n) is 8.40. The first-order valence-corrected chi connectivity index (χ1v) is 11.2. The number of nitrogens with one attached hydrogen (secondary N) is 2. The number of benzene rings is 2. The van der Waals surface area contributed by atoms with E-state index in [1.807, 2.05) is 6.92 Å². The summed E-state index contributed by atoms with van der Waals surface area (Å²) in [6.45, 7) is 5.25. The molecule has 2 aliphatic rings. The zero-order chi connectivity index (χ0) is 22.0. The van der Waals surface area contributed by atoms with Crippen molar-refractivity contribution in [1.82, 2.24) is 10.2 Å². The monoisotopic (exact) mass is 440 g/mol. The fraction of sp³-hybridized carbons (Fsp3) is 0.417. The molecular weight excluding hydrogens is 412 g/mol. The number of fused-ring (bicyclic) bond motifs is 1. The lowest BCUT2D eigenvalue weighted by Crippen LogP contribution is -2.41. The van der Waals surface area contributed by atoms with Crippen molar-refractivity contribution < 1.29 is 9.59 Å². The maximum Gasteiger partial charge on any atom is 0.313 e. The van der Waals surface area contributed by atoms with E-state index in [4.69, 9.17) is 11.6 Å². The van der Waals surface area contributed by atoms with Crippen molar-refractivity contribution >= 4 is 34.8 Å². The standard InChI is InChI=1S/C24H29ClN4O2/c1-16-19(25)6-5-7-20(16)27-24(31)23(30)26-15-22(29-11-3-4-12-29)17-8-9-21-18(14-17)10-13-28(21)2/h5-9,14,22H,3-4,10-13,15H2,1-2H3,(H,26,30)(H,27,31)/t22-/m0/s1. The van der Waals surface area contributed by atoms with Crippen molar-refractivity contribution in [2.24, 2.45) is 0 Å². The first-order chi connectivity index (χ1) is 14.9. The molecule has 1 fully saturated rings. The van der Waals surface area contributed by atoms with Gasteiger partial charge in [-0.3, -0.25) is 14.5 Å². The molecule has 0 bridgehead atoms. The molecule has 164 valence electrons. The predicted octanol–water partition coefficient (Wildman–Crippen LogP) is 3.53. The van der Waals surface area contributed by atoms with E-state index in [2.05, 4.69) is 45.7 Å². The van der Waals surface area contributed by atoms with Gasteiger partial charge in [0.25, 0.3) is 0 Å². The Hall–Kier alpha value is -2.57. The van der Waals surface area contributed by atoms with E-state index in [1.165, 1.54) is 16.8 Å². The summed E-state index contributed by atoms with van der Waals surface area (Å²) in [4.78, 5) is 29.7. The highest BCUT2D eigenvalue weighted by Gasteiger charge is 2.27. The Labute approximate surface area is 188 Å². The van der Waals surface area contributed by atoms with Gasteiger partial charge in [-0.15, -0.1) is 0 Å². The number of hydrogen-bond acceptors (Lipinski definition) is 4. The van der Waals surface area contributed by atoms with E-state index in [0.29, 0.717) is 17.3 Å². The number of amides is 2. The van der Waals surface area contributed by atoms with Crippen LogP contribution in [-0.2, 0) is 16.0 Å². The van der Waals surface area contributed by atoms with Crippen molar-refractivity contribution in [2.75, 3.05) is 43.4 Å². The third kappa shape index (κ3) is 4.70. The van der Waals surface area contributed by atoms with Crippen molar-refractivity contribution in [3.05, 3.63) is 58.1 Å². The third-order valence-electron chi connectivity index (χ3n) is 6.38. The molecule has 2 N–H and O–H groups in total. The Morgan fingerprint density at radius 3 is 2.65 bits per heavy atom. The second kappa shape index (κ2) is 9.28. The van der Waals surface area contributed by atoms with Gasteiger partial charge in [0.1, 0.15) is 0 Å². The molecule has 6 nitrogen and oxygen atoms in total. The molecule has 0 aliphatic carbocycles. The minimum atomic E-state index is -0.680. The first kappa shape index (κ1) is 21.7. The molecule has 0 radical (unpaired) electrons. The number of carbonyl (C=O) groups is 2. The Kier molecular flexibility index (Phi) is 6.49. The van der Waals surface area contributed by atoms with Gasteiger partial charge >= 0.3 is 11.8 Å². The molecule has 0 spiro atoms. The van der Waals surface area contributed by atoms with Crippen LogP contribution in [0, 0.1) is 6.92 Å². The first-order valence-electron chi connectivity index (χ1n) is 10.9. The van der Waals surface area contributed by atoms with Crippen molar-refractivity contribution in [3.63, 3.8) is 0 Å². The molecule has 2 aliphatic heterocycles. The van der Waals surface area contributed by atoms with Gasteiger partial charge in [-0.2, -0.15) is 0 Å². The van der Waals surface area contributed by atoms with Crippen LogP contribution >= 0.6 is 11.6 Å². The van der Waals surface area contributed by atoms with Gasteiger partial charge in [-0.05, 0) is 74.2 Å². The molecule has 2 amide bonds. The summed E-state index contributed by atoms with van der Waals surface area (Å²) in [5, 5.41) is 6.07. The van der Waals surface area contributed by atoms with E-state index in [0.717, 1.165) is 44.5 Å². The summed E-state index contributed by atoms with van der Waals surface area (Å²) >= 11 is 6.11. The fourth-order valence-electron chi connectivity index (χ4n) is 4.50. The summed E-state index contributed by atoms with van der Waals surface area (Å²) in [7, 11) is 2.12. The summed E-state index contributed by atoms with van der Waals surface area (Å²) in [5.41, 5.74) is 5.12. The number of nitrogens with zero attached hydrogens (tertiary/aromatic N) is 2. The highest BCUT2D eigenvalue weighted by atomic mass is 35.5. The Morgan fingerprint density at radius 1 is 1.10 bits per heavy atom. The van der Waals surface area contributed by atoms with E-state index in [1.54, 1.807) is 18.2 Å². The van der Waals surface area contributed by atoms with Crippen molar-refractivity contribution in [3.8, 4) is 0 Å². The number of halogens is 1. The van der Waals surface area contributed by atoms with Crippen LogP contribution in [0.1, 0.15) is 35.6 Å². The minimum Gasteiger partial charge on any atom is -0.374 e. The quantitative estimate of drug-likeness (QED) is 0.698. The number of hydrogen-bond donors (Lipinski definition) is 2. The van der Waals surface area contributed by atoms with Gasteiger partial charge in [-0.25, -0.2) is 0 Å². The van der Waals surface area contributed by atoms with Crippen LogP contribution in [-0.4, -0.2) is 49.9 Å².